The van der Waals surface area contributed by atoms with Crippen molar-refractivity contribution >= 4 is 182 Å². The van der Waals surface area contributed by atoms with Crippen molar-refractivity contribution in [2.24, 2.45) is 0 Å². The number of halogens is 12. The lowest BCUT2D eigenvalue weighted by atomic mass is 10.1. The predicted molar refractivity (Wildman–Crippen MR) is 263 cm³/mol. The minimum absolute atomic E-state index is 0. The molecule has 2 saturated heterocycles. The fraction of sp³-hybridized carbons (Fsp3) is 0.786. The molecule has 0 atom stereocenters. The normalized spacial score (nSPS) is 17.5. The molecule has 2 fully saturated rings. The van der Waals surface area contributed by atoms with Gasteiger partial charge in [-0.3, -0.25) is 9.80 Å². The lowest BCUT2D eigenvalue weighted by Gasteiger charge is -2.28. The number of nitrogens with zero attached hydrogens (tertiary/aromatic N) is 2. The molecule has 10 nitrogen and oxygen atoms in total. The fourth-order valence-corrected chi connectivity index (χ4v) is 6.29. The molecule has 50 heavy (non-hydrogen) atoms. The van der Waals surface area contributed by atoms with Crippen molar-refractivity contribution in [1.82, 2.24) is 41.7 Å². The van der Waals surface area contributed by atoms with E-state index in [1.807, 2.05) is 0 Å². The second-order valence-corrected chi connectivity index (χ2v) is 12.2. The second kappa shape index (κ2) is 45.5. The topological polar surface area (TPSA) is 142 Å². The van der Waals surface area contributed by atoms with Crippen molar-refractivity contribution in [3.63, 3.8) is 0 Å². The van der Waals surface area contributed by atoms with Gasteiger partial charge in [0.25, 0.3) is 0 Å². The number of nitrogens with one attached hydrogen (secondary N) is 6. The summed E-state index contributed by atoms with van der Waals surface area (Å²) in [5.74, 6) is 0. The summed E-state index contributed by atoms with van der Waals surface area (Å²) in [7, 11) is 0. The quantitative estimate of drug-likeness (QED) is 0.160. The molecule has 1 aromatic rings. The first-order valence-electron chi connectivity index (χ1n) is 15.1. The van der Waals surface area contributed by atoms with Gasteiger partial charge in [0.2, 0.25) is 0 Å². The lowest BCUT2D eigenvalue weighted by molar-refractivity contribution is 0.256. The van der Waals surface area contributed by atoms with Crippen LogP contribution in [-0.2, 0) is 13.1 Å². The first-order chi connectivity index (χ1) is 19.6. The second-order valence-electron chi connectivity index (χ2n) is 10.7. The SMILES string of the molecule is Br.Br.Br.Br.Br.Br.Br.Br.Clc1c(Cl)c(CN2CCCNCCNCCCNCC2)c(Cl)c(CN2CCCNCCNCCCNCC2)c1Cl.O.O. The standard InChI is InChI=1S/C28H50Cl4N8.8BrH.2H2O/c29-25-23(21-39-17-3-9-35-13-11-33-5-1-7-37-15-19-39)26(30)28(32)27(31)24(25)22-40-18-4-10-36-14-12-34-6-2-8-38-16-20-40;;;;;;;;;;/h33-38H,1-22H2;8*1H;2*1H2. The summed E-state index contributed by atoms with van der Waals surface area (Å²) >= 11 is 27.5. The van der Waals surface area contributed by atoms with Crippen LogP contribution in [0.3, 0.4) is 0 Å². The van der Waals surface area contributed by atoms with Crippen molar-refractivity contribution in [2.45, 2.75) is 38.8 Å². The third-order valence-electron chi connectivity index (χ3n) is 7.45. The highest BCUT2D eigenvalue weighted by Gasteiger charge is 2.23. The van der Waals surface area contributed by atoms with Gasteiger partial charge in [-0.15, -0.1) is 136 Å². The molecule has 0 aliphatic carbocycles. The molecular formula is C28H62Br8Cl4N8O2. The number of rotatable bonds is 4. The Kier molecular flexibility index (Phi) is 65.1. The van der Waals surface area contributed by atoms with Crippen LogP contribution in [0.4, 0.5) is 0 Å². The Bertz CT molecular complexity index is 799. The van der Waals surface area contributed by atoms with E-state index in [0.29, 0.717) is 33.2 Å². The third-order valence-corrected chi connectivity index (χ3v) is 9.31. The highest BCUT2D eigenvalue weighted by Crippen LogP contribution is 2.42. The maximum atomic E-state index is 7.12. The van der Waals surface area contributed by atoms with Gasteiger partial charge in [-0.1, -0.05) is 46.4 Å². The maximum absolute atomic E-state index is 7.12. The van der Waals surface area contributed by atoms with Crippen LogP contribution in [0.2, 0.25) is 20.1 Å². The molecule has 0 bridgehead atoms. The Morgan fingerprint density at radius 1 is 0.340 bits per heavy atom. The summed E-state index contributed by atoms with van der Waals surface area (Å²) in [6, 6.07) is 0. The van der Waals surface area contributed by atoms with Crippen molar-refractivity contribution in [3.8, 4) is 0 Å². The average molecular weight is 1320 g/mol. The molecule has 0 spiro atoms. The van der Waals surface area contributed by atoms with Gasteiger partial charge in [0.05, 0.1) is 20.1 Å². The van der Waals surface area contributed by atoms with E-state index in [0.717, 1.165) is 142 Å². The summed E-state index contributed by atoms with van der Waals surface area (Å²) in [6.45, 7) is 16.9. The molecule has 310 valence electrons. The molecule has 0 unspecified atom stereocenters. The fourth-order valence-electron chi connectivity index (χ4n) is 5.11. The lowest BCUT2D eigenvalue weighted by Crippen LogP contribution is -2.37. The average Bonchev–Trinajstić information content (AvgIpc) is 2.95. The molecule has 0 amide bonds. The van der Waals surface area contributed by atoms with E-state index >= 15 is 0 Å². The Balaban J connectivity index is -0.000000294. The van der Waals surface area contributed by atoms with Crippen LogP contribution >= 0.6 is 182 Å². The zero-order valence-electron chi connectivity index (χ0n) is 28.2. The number of benzene rings is 1. The van der Waals surface area contributed by atoms with Crippen molar-refractivity contribution in [3.05, 3.63) is 31.2 Å². The molecule has 0 aromatic heterocycles. The van der Waals surface area contributed by atoms with Crippen molar-refractivity contribution in [2.75, 3.05) is 105 Å². The molecule has 2 aliphatic heterocycles. The molecule has 0 saturated carbocycles. The summed E-state index contributed by atoms with van der Waals surface area (Å²) in [5, 5.41) is 23.2. The summed E-state index contributed by atoms with van der Waals surface area (Å²) in [6.07, 6.45) is 4.34. The Labute approximate surface area is 405 Å². The van der Waals surface area contributed by atoms with E-state index in [4.69, 9.17) is 46.4 Å². The van der Waals surface area contributed by atoms with Crippen LogP contribution in [-0.4, -0.2) is 125 Å². The van der Waals surface area contributed by atoms with E-state index in [2.05, 4.69) is 41.7 Å². The molecule has 2 heterocycles. The monoisotopic (exact) mass is 1310 g/mol. The first kappa shape index (κ1) is 71.5. The Morgan fingerprint density at radius 2 is 0.620 bits per heavy atom. The van der Waals surface area contributed by atoms with Gasteiger partial charge < -0.3 is 42.9 Å². The van der Waals surface area contributed by atoms with Crippen molar-refractivity contribution < 1.29 is 11.0 Å². The van der Waals surface area contributed by atoms with Gasteiger partial charge in [-0.05, 0) is 78.0 Å². The van der Waals surface area contributed by atoms with Gasteiger partial charge in [0, 0.05) is 76.6 Å². The maximum Gasteiger partial charge on any atom is 0.0786 e. The van der Waals surface area contributed by atoms with Gasteiger partial charge >= 0.3 is 0 Å². The first-order valence-corrected chi connectivity index (χ1v) is 16.6. The van der Waals surface area contributed by atoms with E-state index in [1.165, 1.54) is 0 Å². The van der Waals surface area contributed by atoms with E-state index in [9.17, 15) is 0 Å². The van der Waals surface area contributed by atoms with Crippen LogP contribution in [0.1, 0.15) is 36.8 Å². The van der Waals surface area contributed by atoms with Crippen molar-refractivity contribution in [1.29, 1.82) is 0 Å². The molecule has 2 aliphatic rings. The zero-order valence-corrected chi connectivity index (χ0v) is 45.0. The van der Waals surface area contributed by atoms with E-state index in [-0.39, 0.29) is 147 Å². The minimum Gasteiger partial charge on any atom is -0.412 e. The van der Waals surface area contributed by atoms with Crippen LogP contribution in [0, 0.1) is 0 Å². The molecular weight excluding hydrogens is 1260 g/mol. The predicted octanol–water partition coefficient (Wildman–Crippen LogP) is 6.00. The zero-order chi connectivity index (χ0) is 28.4. The number of hydrogen-bond donors (Lipinski definition) is 6. The van der Waals surface area contributed by atoms with Crippen LogP contribution in [0.15, 0.2) is 0 Å². The molecule has 10 N–H and O–H groups in total. The Morgan fingerprint density at radius 3 is 0.940 bits per heavy atom. The molecule has 1 aromatic carbocycles. The summed E-state index contributed by atoms with van der Waals surface area (Å²) in [5.41, 5.74) is 1.75. The van der Waals surface area contributed by atoms with Crippen LogP contribution in [0.5, 0.6) is 0 Å². The van der Waals surface area contributed by atoms with Gasteiger partial charge in [-0.2, -0.15) is 0 Å². The minimum atomic E-state index is 0. The highest BCUT2D eigenvalue weighted by atomic mass is 79.9. The molecule has 0 radical (unpaired) electrons. The molecule has 22 heteroatoms. The van der Waals surface area contributed by atoms with Gasteiger partial charge in [0.1, 0.15) is 0 Å². The van der Waals surface area contributed by atoms with E-state index < -0.39 is 0 Å². The van der Waals surface area contributed by atoms with Crippen LogP contribution in [0.25, 0.3) is 0 Å². The largest absolute Gasteiger partial charge is 0.412 e. The number of hydrogen-bond acceptors (Lipinski definition) is 8. The van der Waals surface area contributed by atoms with Gasteiger partial charge in [-0.25, -0.2) is 0 Å². The summed E-state index contributed by atoms with van der Waals surface area (Å²) < 4.78 is 0. The smallest absolute Gasteiger partial charge is 0.0786 e. The highest BCUT2D eigenvalue weighted by molar-refractivity contribution is 8.93. The Hall–Kier alpha value is 3.82. The van der Waals surface area contributed by atoms with Gasteiger partial charge in [0.15, 0.2) is 0 Å². The summed E-state index contributed by atoms with van der Waals surface area (Å²) in [4.78, 5) is 4.85. The van der Waals surface area contributed by atoms with E-state index in [1.54, 1.807) is 0 Å². The van der Waals surface area contributed by atoms with Crippen LogP contribution < -0.4 is 31.9 Å². The third kappa shape index (κ3) is 29.1. The molecule has 3 rings (SSSR count).